The molecule has 1 fully saturated rings. The number of esters is 1. The Bertz CT molecular complexity index is 1390. The van der Waals surface area contributed by atoms with Crippen LogP contribution in [0.5, 0.6) is 0 Å². The number of pyridine rings is 1. The lowest BCUT2D eigenvalue weighted by Gasteiger charge is -2.35. The Labute approximate surface area is 233 Å². The molecule has 4 rings (SSSR count). The monoisotopic (exact) mass is 545 g/mol. The van der Waals surface area contributed by atoms with E-state index >= 15 is 0 Å². The van der Waals surface area contributed by atoms with E-state index in [9.17, 15) is 19.2 Å². The summed E-state index contributed by atoms with van der Waals surface area (Å²) in [6, 6.07) is 4.96. The first kappa shape index (κ1) is 28.8. The highest BCUT2D eigenvalue weighted by Crippen LogP contribution is 2.25. The molecule has 1 saturated heterocycles. The molecule has 0 saturated carbocycles. The number of hydrogen-bond donors (Lipinski definition) is 3. The summed E-state index contributed by atoms with van der Waals surface area (Å²) in [4.78, 5) is 56.9. The lowest BCUT2D eigenvalue weighted by molar-refractivity contribution is -0.157. The van der Waals surface area contributed by atoms with Gasteiger partial charge in [-0.2, -0.15) is 0 Å². The quantitative estimate of drug-likeness (QED) is 0.371. The van der Waals surface area contributed by atoms with Crippen molar-refractivity contribution in [2.75, 3.05) is 6.54 Å². The molecule has 10 heteroatoms. The van der Waals surface area contributed by atoms with Crippen LogP contribution in [0.1, 0.15) is 64.3 Å². The molecule has 210 valence electrons. The number of benzene rings is 1. The van der Waals surface area contributed by atoms with Crippen LogP contribution in [-0.4, -0.2) is 58.4 Å². The Morgan fingerprint density at radius 1 is 1.12 bits per heavy atom. The number of hydrazine groups is 1. The molecular weight excluding hydrogens is 510 g/mol. The molecule has 2 aromatic rings. The summed E-state index contributed by atoms with van der Waals surface area (Å²) >= 11 is 0. The molecule has 3 N–H and O–H groups in total. The van der Waals surface area contributed by atoms with Gasteiger partial charge < -0.3 is 15.4 Å². The third kappa shape index (κ3) is 6.49. The number of nitrogens with one attached hydrogen (secondary N) is 3. The zero-order chi connectivity index (χ0) is 29.0. The lowest BCUT2D eigenvalue weighted by Crippen LogP contribution is -2.60. The Balaban J connectivity index is 1.70. The van der Waals surface area contributed by atoms with Crippen molar-refractivity contribution in [3.05, 3.63) is 47.8 Å². The number of carbonyl (C=O) groups is 4. The van der Waals surface area contributed by atoms with Crippen LogP contribution in [0.4, 0.5) is 0 Å². The average molecular weight is 546 g/mol. The molecule has 5 bridgehead atoms. The van der Waals surface area contributed by atoms with E-state index in [1.807, 2.05) is 24.3 Å². The van der Waals surface area contributed by atoms with Crippen molar-refractivity contribution in [1.29, 1.82) is 0 Å². The molecular formula is C30H35N5O5. The second-order valence-electron chi connectivity index (χ2n) is 10.8. The summed E-state index contributed by atoms with van der Waals surface area (Å²) in [5.41, 5.74) is 3.41. The fourth-order valence-corrected chi connectivity index (χ4v) is 4.61. The summed E-state index contributed by atoms with van der Waals surface area (Å²) in [5, 5.41) is 8.52. The summed E-state index contributed by atoms with van der Waals surface area (Å²) in [6.45, 7) is 7.15. The lowest BCUT2D eigenvalue weighted by atomic mass is 9.90. The standard InChI is InChI=1S/C30H35N5O5/c1-6-8-24-26(36)32-18(2)27(37)35-14-7-9-25(34-35)28(38)40-19(3)20-10-11-21-17-31-23(16-22(21)15-20)12-13-30(4,5)29(39)33-24/h1,10-13,15-19,24-25,34H,7-9,14H2,2-5H3,(H,32,36)(H,33,39)/b13-12+/t18-,19+,24?,25-/m0/s1. The van der Waals surface area contributed by atoms with E-state index in [0.29, 0.717) is 25.1 Å². The Morgan fingerprint density at radius 3 is 2.65 bits per heavy atom. The van der Waals surface area contributed by atoms with E-state index in [4.69, 9.17) is 11.2 Å². The molecule has 0 spiro atoms. The predicted molar refractivity (Wildman–Crippen MR) is 150 cm³/mol. The maximum Gasteiger partial charge on any atom is 0.325 e. The molecule has 10 nitrogen and oxygen atoms in total. The van der Waals surface area contributed by atoms with Crippen molar-refractivity contribution < 1.29 is 23.9 Å². The number of ether oxygens (including phenoxy) is 1. The van der Waals surface area contributed by atoms with Crippen molar-refractivity contribution in [2.24, 2.45) is 5.41 Å². The van der Waals surface area contributed by atoms with E-state index in [0.717, 1.165) is 16.3 Å². The minimum absolute atomic E-state index is 0.0547. The van der Waals surface area contributed by atoms with Gasteiger partial charge >= 0.3 is 5.97 Å². The van der Waals surface area contributed by atoms with Gasteiger partial charge in [0.05, 0.1) is 11.1 Å². The SMILES string of the molecule is C#CCC1NC(=O)C(C)(C)/C=C/c2cc3cc(ccc3cn2)[C@@H](C)OC(=O)[C@@H]2CCCN(N2)C(=O)[C@H](C)NC1=O. The van der Waals surface area contributed by atoms with Crippen LogP contribution in [0.3, 0.4) is 0 Å². The maximum atomic E-state index is 13.2. The Kier molecular flexibility index (Phi) is 8.55. The Hall–Kier alpha value is -4.23. The molecule has 0 radical (unpaired) electrons. The zero-order valence-corrected chi connectivity index (χ0v) is 23.2. The topological polar surface area (TPSA) is 130 Å². The first-order valence-corrected chi connectivity index (χ1v) is 13.4. The van der Waals surface area contributed by atoms with Gasteiger partial charge in [0.15, 0.2) is 0 Å². The van der Waals surface area contributed by atoms with Crippen LogP contribution in [0.15, 0.2) is 36.5 Å². The number of hydrogen-bond acceptors (Lipinski definition) is 7. The van der Waals surface area contributed by atoms with Crippen LogP contribution in [0, 0.1) is 17.8 Å². The van der Waals surface area contributed by atoms with Crippen LogP contribution in [0.25, 0.3) is 16.8 Å². The van der Waals surface area contributed by atoms with Gasteiger partial charge in [-0.1, -0.05) is 18.2 Å². The second-order valence-corrected chi connectivity index (χ2v) is 10.8. The number of carbonyl (C=O) groups excluding carboxylic acids is 4. The van der Waals surface area contributed by atoms with Crippen molar-refractivity contribution in [1.82, 2.24) is 26.1 Å². The van der Waals surface area contributed by atoms with Crippen molar-refractivity contribution in [2.45, 2.75) is 71.2 Å². The number of nitrogens with zero attached hydrogens (tertiary/aromatic N) is 2. The second kappa shape index (κ2) is 11.9. The molecule has 0 aliphatic carbocycles. The number of terminal acetylenes is 1. The van der Waals surface area contributed by atoms with Crippen molar-refractivity contribution >= 4 is 40.5 Å². The molecule has 4 atom stereocenters. The van der Waals surface area contributed by atoms with Gasteiger partial charge in [0, 0.05) is 24.5 Å². The largest absolute Gasteiger partial charge is 0.457 e. The van der Waals surface area contributed by atoms with Crippen LogP contribution in [-0.2, 0) is 23.9 Å². The van der Waals surface area contributed by atoms with Gasteiger partial charge in [0.1, 0.15) is 24.2 Å². The summed E-state index contributed by atoms with van der Waals surface area (Å²) in [7, 11) is 0. The van der Waals surface area contributed by atoms with E-state index in [1.165, 1.54) is 5.01 Å². The predicted octanol–water partition coefficient (Wildman–Crippen LogP) is 2.40. The highest BCUT2D eigenvalue weighted by molar-refractivity contribution is 5.94. The van der Waals surface area contributed by atoms with E-state index in [1.54, 1.807) is 46.0 Å². The number of rotatable bonds is 1. The molecule has 1 aromatic heterocycles. The van der Waals surface area contributed by atoms with Gasteiger partial charge in [0.2, 0.25) is 11.8 Å². The highest BCUT2D eigenvalue weighted by Gasteiger charge is 2.34. The maximum absolute atomic E-state index is 13.2. The third-order valence-corrected chi connectivity index (χ3v) is 7.19. The van der Waals surface area contributed by atoms with Gasteiger partial charge in [-0.3, -0.25) is 29.2 Å². The third-order valence-electron chi connectivity index (χ3n) is 7.19. The summed E-state index contributed by atoms with van der Waals surface area (Å²) < 4.78 is 5.78. The van der Waals surface area contributed by atoms with Crippen molar-refractivity contribution in [3.8, 4) is 12.3 Å². The highest BCUT2D eigenvalue weighted by atomic mass is 16.5. The molecule has 2 aliphatic heterocycles. The van der Waals surface area contributed by atoms with Gasteiger partial charge in [-0.25, -0.2) is 5.43 Å². The van der Waals surface area contributed by atoms with Crippen LogP contribution < -0.4 is 16.1 Å². The molecule has 2 aliphatic rings. The summed E-state index contributed by atoms with van der Waals surface area (Å²) in [5.74, 6) is 0.546. The van der Waals surface area contributed by atoms with E-state index in [-0.39, 0.29) is 6.42 Å². The smallest absolute Gasteiger partial charge is 0.325 e. The van der Waals surface area contributed by atoms with E-state index in [2.05, 4.69) is 27.0 Å². The minimum atomic E-state index is -1.04. The number of fused-ring (bicyclic) bond motifs is 4. The fourth-order valence-electron chi connectivity index (χ4n) is 4.61. The van der Waals surface area contributed by atoms with E-state index < -0.39 is 53.3 Å². The number of aromatic nitrogens is 1. The first-order chi connectivity index (χ1) is 19.0. The van der Waals surface area contributed by atoms with Gasteiger partial charge in [-0.15, -0.1) is 12.3 Å². The molecule has 40 heavy (non-hydrogen) atoms. The van der Waals surface area contributed by atoms with Crippen LogP contribution in [0.2, 0.25) is 0 Å². The molecule has 1 aromatic carbocycles. The first-order valence-electron chi connectivity index (χ1n) is 13.4. The molecule has 3 amide bonds. The molecule has 3 heterocycles. The van der Waals surface area contributed by atoms with Crippen molar-refractivity contribution in [3.63, 3.8) is 0 Å². The fraction of sp³-hybridized carbons (Fsp3) is 0.433. The van der Waals surface area contributed by atoms with Gasteiger partial charge in [-0.05, 0) is 69.7 Å². The normalized spacial score (nSPS) is 26.8. The molecule has 1 unspecified atom stereocenters. The Morgan fingerprint density at radius 2 is 1.90 bits per heavy atom. The van der Waals surface area contributed by atoms with Gasteiger partial charge in [0.25, 0.3) is 5.91 Å². The average Bonchev–Trinajstić information content (AvgIpc) is 2.94. The zero-order valence-electron chi connectivity index (χ0n) is 23.2. The summed E-state index contributed by atoms with van der Waals surface area (Å²) in [6.07, 6.45) is 11.2. The minimum Gasteiger partial charge on any atom is -0.457 e. The van der Waals surface area contributed by atoms with Crippen LogP contribution >= 0.6 is 0 Å². The number of amides is 3. The number of cyclic esters (lactones) is 1.